The Morgan fingerprint density at radius 2 is 2.05 bits per heavy atom. The number of halogens is 2. The van der Waals surface area contributed by atoms with Crippen molar-refractivity contribution in [3.05, 3.63) is 28.5 Å². The van der Waals surface area contributed by atoms with E-state index in [1.807, 2.05) is 0 Å². The van der Waals surface area contributed by atoms with Crippen molar-refractivity contribution >= 4 is 27.6 Å². The third kappa shape index (κ3) is 4.18. The van der Waals surface area contributed by atoms with Gasteiger partial charge in [-0.25, -0.2) is 9.18 Å². The van der Waals surface area contributed by atoms with Crippen LogP contribution in [-0.4, -0.2) is 23.3 Å². The van der Waals surface area contributed by atoms with Crippen molar-refractivity contribution in [1.29, 1.82) is 0 Å². The smallest absolute Gasteiger partial charge is 0.319 e. The first kappa shape index (κ1) is 15.3. The van der Waals surface area contributed by atoms with Gasteiger partial charge in [0.15, 0.2) is 0 Å². The minimum Gasteiger partial charge on any atom is -0.388 e. The molecule has 0 saturated heterocycles. The lowest BCUT2D eigenvalue weighted by molar-refractivity contribution is 0.00755. The minimum absolute atomic E-state index is 0.234. The highest BCUT2D eigenvalue weighted by Crippen LogP contribution is 2.27. The van der Waals surface area contributed by atoms with Crippen molar-refractivity contribution in [2.75, 3.05) is 11.9 Å². The summed E-state index contributed by atoms with van der Waals surface area (Å²) in [5.74, 6) is -0.376. The minimum atomic E-state index is -0.796. The molecule has 1 saturated carbocycles. The number of urea groups is 1. The zero-order valence-corrected chi connectivity index (χ0v) is 12.7. The van der Waals surface area contributed by atoms with Gasteiger partial charge in [0.05, 0.1) is 11.3 Å². The molecule has 0 aromatic heterocycles. The number of benzene rings is 1. The lowest BCUT2D eigenvalue weighted by Crippen LogP contribution is -2.45. The third-order valence-corrected chi connectivity index (χ3v) is 4.20. The summed E-state index contributed by atoms with van der Waals surface area (Å²) in [6.07, 6.45) is 4.55. The van der Waals surface area contributed by atoms with Crippen molar-refractivity contribution in [2.45, 2.75) is 37.7 Å². The first-order valence-corrected chi connectivity index (χ1v) is 7.50. The number of hydrogen-bond acceptors (Lipinski definition) is 2. The van der Waals surface area contributed by atoms with Gasteiger partial charge in [-0.1, -0.05) is 19.3 Å². The summed E-state index contributed by atoms with van der Waals surface area (Å²) in [6, 6.07) is 3.63. The zero-order valence-electron chi connectivity index (χ0n) is 11.1. The summed E-state index contributed by atoms with van der Waals surface area (Å²) < 4.78 is 13.4. The monoisotopic (exact) mass is 344 g/mol. The van der Waals surface area contributed by atoms with Gasteiger partial charge in [-0.3, -0.25) is 0 Å². The summed E-state index contributed by atoms with van der Waals surface area (Å²) in [5.41, 5.74) is -0.310. The maximum absolute atomic E-state index is 12.9. The van der Waals surface area contributed by atoms with E-state index in [0.29, 0.717) is 23.0 Å². The van der Waals surface area contributed by atoms with Crippen LogP contribution in [0.15, 0.2) is 22.7 Å². The van der Waals surface area contributed by atoms with Gasteiger partial charge < -0.3 is 15.7 Å². The van der Waals surface area contributed by atoms with Crippen molar-refractivity contribution in [1.82, 2.24) is 5.32 Å². The SMILES string of the molecule is O=C(NCC1(O)CCCCC1)Nc1ccc(F)cc1Br. The lowest BCUT2D eigenvalue weighted by Gasteiger charge is -2.32. The van der Waals surface area contributed by atoms with Gasteiger partial charge in [-0.15, -0.1) is 0 Å². The number of amides is 2. The predicted molar refractivity (Wildman–Crippen MR) is 79.2 cm³/mol. The fourth-order valence-electron chi connectivity index (χ4n) is 2.39. The van der Waals surface area contributed by atoms with Gasteiger partial charge in [0.25, 0.3) is 0 Å². The van der Waals surface area contributed by atoms with Gasteiger partial charge in [0.1, 0.15) is 5.82 Å². The first-order chi connectivity index (χ1) is 9.48. The number of carbonyl (C=O) groups is 1. The Morgan fingerprint density at radius 3 is 2.70 bits per heavy atom. The molecule has 6 heteroatoms. The van der Waals surface area contributed by atoms with Crippen molar-refractivity contribution < 1.29 is 14.3 Å². The molecule has 0 aliphatic heterocycles. The van der Waals surface area contributed by atoms with Gasteiger partial charge in [0.2, 0.25) is 0 Å². The Labute approximate surface area is 125 Å². The van der Waals surface area contributed by atoms with Gasteiger partial charge in [-0.05, 0) is 47.0 Å². The molecule has 2 amide bonds. The molecule has 0 unspecified atom stereocenters. The normalized spacial score (nSPS) is 17.6. The Kier molecular flexibility index (Phi) is 4.99. The highest BCUT2D eigenvalue weighted by molar-refractivity contribution is 9.10. The predicted octanol–water partition coefficient (Wildman–Crippen LogP) is 3.40. The Balaban J connectivity index is 1.86. The second-order valence-electron chi connectivity index (χ2n) is 5.22. The Hall–Kier alpha value is -1.14. The number of rotatable bonds is 3. The van der Waals surface area contributed by atoms with Crippen LogP contribution in [0.5, 0.6) is 0 Å². The summed E-state index contributed by atoms with van der Waals surface area (Å²) >= 11 is 3.18. The molecule has 110 valence electrons. The summed E-state index contributed by atoms with van der Waals surface area (Å²) in [4.78, 5) is 11.8. The molecule has 20 heavy (non-hydrogen) atoms. The standard InChI is InChI=1S/C14H18BrFN2O2/c15-11-8-10(16)4-5-12(11)18-13(19)17-9-14(20)6-2-1-3-7-14/h4-5,8,20H,1-3,6-7,9H2,(H2,17,18,19). The van der Waals surface area contributed by atoms with Crippen molar-refractivity contribution in [3.63, 3.8) is 0 Å². The highest BCUT2D eigenvalue weighted by Gasteiger charge is 2.29. The molecule has 1 aromatic rings. The van der Waals surface area contributed by atoms with E-state index in [1.54, 1.807) is 0 Å². The van der Waals surface area contributed by atoms with Crippen LogP contribution >= 0.6 is 15.9 Å². The van der Waals surface area contributed by atoms with Crippen LogP contribution in [-0.2, 0) is 0 Å². The maximum atomic E-state index is 12.9. The molecule has 4 nitrogen and oxygen atoms in total. The van der Waals surface area contributed by atoms with Crippen LogP contribution in [0.3, 0.4) is 0 Å². The maximum Gasteiger partial charge on any atom is 0.319 e. The Bertz CT molecular complexity index is 490. The summed E-state index contributed by atoms with van der Waals surface area (Å²) in [6.45, 7) is 0.234. The molecule has 0 atom stereocenters. The molecular formula is C14H18BrFN2O2. The molecule has 1 fully saturated rings. The highest BCUT2D eigenvalue weighted by atomic mass is 79.9. The van der Waals surface area contributed by atoms with E-state index in [-0.39, 0.29) is 12.4 Å². The number of aliphatic hydroxyl groups is 1. The van der Waals surface area contributed by atoms with Crippen LogP contribution < -0.4 is 10.6 Å². The fourth-order valence-corrected chi connectivity index (χ4v) is 2.84. The van der Waals surface area contributed by atoms with E-state index >= 15 is 0 Å². The number of carbonyl (C=O) groups excluding carboxylic acids is 1. The average molecular weight is 345 g/mol. The van der Waals surface area contributed by atoms with Crippen LogP contribution in [0.25, 0.3) is 0 Å². The number of nitrogens with one attached hydrogen (secondary N) is 2. The summed E-state index contributed by atoms with van der Waals surface area (Å²) in [7, 11) is 0. The second-order valence-corrected chi connectivity index (χ2v) is 6.07. The van der Waals surface area contributed by atoms with E-state index in [1.165, 1.54) is 18.2 Å². The van der Waals surface area contributed by atoms with Crippen LogP contribution in [0.1, 0.15) is 32.1 Å². The molecule has 0 bridgehead atoms. The quantitative estimate of drug-likeness (QED) is 0.786. The first-order valence-electron chi connectivity index (χ1n) is 6.71. The molecule has 1 aliphatic rings. The van der Waals surface area contributed by atoms with Gasteiger partial charge >= 0.3 is 6.03 Å². The zero-order chi connectivity index (χ0) is 14.6. The topological polar surface area (TPSA) is 61.4 Å². The molecular weight excluding hydrogens is 327 g/mol. The molecule has 1 aliphatic carbocycles. The van der Waals surface area contributed by atoms with Crippen LogP contribution in [0.2, 0.25) is 0 Å². The van der Waals surface area contributed by atoms with Gasteiger partial charge in [0, 0.05) is 11.0 Å². The average Bonchev–Trinajstić information content (AvgIpc) is 2.41. The van der Waals surface area contributed by atoms with E-state index in [2.05, 4.69) is 26.6 Å². The summed E-state index contributed by atoms with van der Waals surface area (Å²) in [5, 5.41) is 15.6. The Morgan fingerprint density at radius 1 is 1.35 bits per heavy atom. The van der Waals surface area contributed by atoms with Gasteiger partial charge in [-0.2, -0.15) is 0 Å². The van der Waals surface area contributed by atoms with E-state index in [4.69, 9.17) is 0 Å². The van der Waals surface area contributed by atoms with Crippen LogP contribution in [0.4, 0.5) is 14.9 Å². The molecule has 0 radical (unpaired) electrons. The van der Waals surface area contributed by atoms with Crippen molar-refractivity contribution in [3.8, 4) is 0 Å². The van der Waals surface area contributed by atoms with Crippen LogP contribution in [0, 0.1) is 5.82 Å². The van der Waals surface area contributed by atoms with Crippen molar-refractivity contribution in [2.24, 2.45) is 0 Å². The third-order valence-electron chi connectivity index (χ3n) is 3.54. The lowest BCUT2D eigenvalue weighted by atomic mass is 9.85. The van der Waals surface area contributed by atoms with E-state index in [9.17, 15) is 14.3 Å². The molecule has 2 rings (SSSR count). The van der Waals surface area contributed by atoms with E-state index < -0.39 is 11.6 Å². The second kappa shape index (κ2) is 6.54. The molecule has 0 spiro atoms. The largest absolute Gasteiger partial charge is 0.388 e. The molecule has 1 aromatic carbocycles. The number of hydrogen-bond donors (Lipinski definition) is 3. The fraction of sp³-hybridized carbons (Fsp3) is 0.500. The molecule has 3 N–H and O–H groups in total. The number of anilines is 1. The van der Waals surface area contributed by atoms with E-state index in [0.717, 1.165) is 19.3 Å². The molecule has 0 heterocycles.